The van der Waals surface area contributed by atoms with Gasteiger partial charge in [-0.3, -0.25) is 0 Å². The molecule has 1 aliphatic rings. The minimum absolute atomic E-state index is 0.110. The number of hydrogen-bond acceptors (Lipinski definition) is 0. The van der Waals surface area contributed by atoms with Crippen LogP contribution in [0.2, 0.25) is 0 Å². The number of hydrogen-bond donors (Lipinski definition) is 0. The Morgan fingerprint density at radius 2 is 0.825 bits per heavy atom. The third kappa shape index (κ3) is 4.56. The molecule has 0 N–H and O–H groups in total. The van der Waals surface area contributed by atoms with Crippen molar-refractivity contribution in [2.75, 3.05) is 0 Å². The summed E-state index contributed by atoms with van der Waals surface area (Å²) in [5, 5.41) is 15.4. The van der Waals surface area contributed by atoms with Crippen LogP contribution < -0.4 is 0 Å². The molecule has 0 fully saturated rings. The quantitative estimate of drug-likeness (QED) is 0.126. The molecule has 1 aliphatic carbocycles. The standard InChI is InChI=1S/C57H38/c1-57(2)51-28-14-27-41(55(51)49-32-31-36-16-4-6-20-42(36)56(49)57)37-17-13-18-38(33-37)53-45-23-9-11-25-47(45)54(48-26-12-10-24-46(48)53)50-34-39-30-29-35-15-3-5-19-40(35)52(39)44-22-8-7-21-43(44)50/h3-34H,1-2H3. The highest BCUT2D eigenvalue weighted by Gasteiger charge is 2.38. The van der Waals surface area contributed by atoms with Gasteiger partial charge in [-0.05, 0) is 132 Å². The maximum absolute atomic E-state index is 2.44. The maximum atomic E-state index is 2.44. The Morgan fingerprint density at radius 1 is 0.298 bits per heavy atom. The van der Waals surface area contributed by atoms with Crippen LogP contribution >= 0.6 is 0 Å². The zero-order valence-corrected chi connectivity index (χ0v) is 32.0. The summed E-state index contributed by atoms with van der Waals surface area (Å²) in [6.07, 6.45) is 0. The molecule has 0 saturated carbocycles. The van der Waals surface area contributed by atoms with Gasteiger partial charge in [0, 0.05) is 5.41 Å². The van der Waals surface area contributed by atoms with Gasteiger partial charge in [0.15, 0.2) is 0 Å². The highest BCUT2D eigenvalue weighted by Crippen LogP contribution is 2.55. The molecule has 0 aliphatic heterocycles. The lowest BCUT2D eigenvalue weighted by Gasteiger charge is -2.23. The summed E-state index contributed by atoms with van der Waals surface area (Å²) in [5.74, 6) is 0. The van der Waals surface area contributed by atoms with Crippen LogP contribution in [0.15, 0.2) is 194 Å². The van der Waals surface area contributed by atoms with Crippen LogP contribution in [0, 0.1) is 0 Å². The third-order valence-electron chi connectivity index (χ3n) is 13.0. The molecular weight excluding hydrogens is 685 g/mol. The zero-order valence-electron chi connectivity index (χ0n) is 32.0. The second kappa shape index (κ2) is 12.0. The lowest BCUT2D eigenvalue weighted by Crippen LogP contribution is -2.15. The van der Waals surface area contributed by atoms with Crippen LogP contribution in [0.5, 0.6) is 0 Å². The minimum atomic E-state index is -0.110. The molecule has 0 bridgehead atoms. The monoisotopic (exact) mass is 722 g/mol. The average Bonchev–Trinajstić information content (AvgIpc) is 3.51. The highest BCUT2D eigenvalue weighted by molar-refractivity contribution is 6.28. The van der Waals surface area contributed by atoms with Gasteiger partial charge in [0.2, 0.25) is 0 Å². The Morgan fingerprint density at radius 3 is 1.54 bits per heavy atom. The summed E-state index contributed by atoms with van der Waals surface area (Å²) in [6, 6.07) is 72.7. The molecule has 0 unspecified atom stereocenters. The fraction of sp³-hybridized carbons (Fsp3) is 0.0526. The van der Waals surface area contributed by atoms with Crippen molar-refractivity contribution < 1.29 is 0 Å². The first kappa shape index (κ1) is 32.2. The Bertz CT molecular complexity index is 3430. The second-order valence-corrected chi connectivity index (χ2v) is 16.3. The van der Waals surface area contributed by atoms with Crippen molar-refractivity contribution in [2.24, 2.45) is 0 Å². The van der Waals surface area contributed by atoms with E-state index in [1.807, 2.05) is 0 Å². The fourth-order valence-corrected chi connectivity index (χ4v) is 10.5. The molecule has 0 spiro atoms. The van der Waals surface area contributed by atoms with Crippen LogP contribution in [0.3, 0.4) is 0 Å². The van der Waals surface area contributed by atoms with E-state index in [9.17, 15) is 0 Å². The number of rotatable bonds is 3. The van der Waals surface area contributed by atoms with Crippen LogP contribution in [-0.4, -0.2) is 0 Å². The summed E-state index contributed by atoms with van der Waals surface area (Å²) in [5.41, 5.74) is 13.0. The fourth-order valence-electron chi connectivity index (χ4n) is 10.5. The molecule has 0 saturated heterocycles. The van der Waals surface area contributed by atoms with E-state index in [4.69, 9.17) is 0 Å². The predicted octanol–water partition coefficient (Wildman–Crippen LogP) is 15.9. The SMILES string of the molecule is CC1(C)c2cccc(-c3cccc(-c4c5ccccc5c(-c5cc6ccc7ccccc7c6c6ccccc56)c5ccccc45)c3)c2-c2ccc3ccccc3c21. The largest absolute Gasteiger partial charge is 0.0616 e. The Labute approximate surface area is 332 Å². The molecule has 0 radical (unpaired) electrons. The lowest BCUT2D eigenvalue weighted by atomic mass is 9.80. The van der Waals surface area contributed by atoms with Gasteiger partial charge in [-0.25, -0.2) is 0 Å². The smallest absolute Gasteiger partial charge is 0.0165 e. The first-order valence-electron chi connectivity index (χ1n) is 20.1. The van der Waals surface area contributed by atoms with Gasteiger partial charge in [0.1, 0.15) is 0 Å². The van der Waals surface area contributed by atoms with Crippen molar-refractivity contribution in [2.45, 2.75) is 19.3 Å². The molecule has 11 aromatic carbocycles. The highest BCUT2D eigenvalue weighted by atomic mass is 14.4. The summed E-state index contributed by atoms with van der Waals surface area (Å²) in [6.45, 7) is 4.79. The average molecular weight is 723 g/mol. The van der Waals surface area contributed by atoms with Crippen molar-refractivity contribution in [3.05, 3.63) is 205 Å². The Balaban J connectivity index is 1.11. The van der Waals surface area contributed by atoms with Crippen molar-refractivity contribution in [1.29, 1.82) is 0 Å². The predicted molar refractivity (Wildman–Crippen MR) is 245 cm³/mol. The Hall–Kier alpha value is -7.02. The molecule has 0 heterocycles. The van der Waals surface area contributed by atoms with Crippen molar-refractivity contribution in [1.82, 2.24) is 0 Å². The zero-order chi connectivity index (χ0) is 37.8. The number of fused-ring (bicyclic) bond motifs is 12. The normalized spacial score (nSPS) is 13.2. The lowest BCUT2D eigenvalue weighted by molar-refractivity contribution is 0.666. The molecule has 0 heteroatoms. The van der Waals surface area contributed by atoms with E-state index >= 15 is 0 Å². The second-order valence-electron chi connectivity index (χ2n) is 16.3. The summed E-state index contributed by atoms with van der Waals surface area (Å²) in [7, 11) is 0. The van der Waals surface area contributed by atoms with Crippen molar-refractivity contribution in [3.63, 3.8) is 0 Å². The van der Waals surface area contributed by atoms with Crippen LogP contribution in [-0.2, 0) is 5.41 Å². The van der Waals surface area contributed by atoms with Gasteiger partial charge in [0.05, 0.1) is 0 Å². The van der Waals surface area contributed by atoms with E-state index in [2.05, 4.69) is 208 Å². The molecule has 0 amide bonds. The van der Waals surface area contributed by atoms with Gasteiger partial charge in [-0.1, -0.05) is 196 Å². The molecule has 0 atom stereocenters. The van der Waals surface area contributed by atoms with Crippen molar-refractivity contribution in [3.8, 4) is 44.5 Å². The Kier molecular flexibility index (Phi) is 6.78. The van der Waals surface area contributed by atoms with E-state index in [0.717, 1.165) is 0 Å². The van der Waals surface area contributed by atoms with Gasteiger partial charge in [-0.2, -0.15) is 0 Å². The van der Waals surface area contributed by atoms with Gasteiger partial charge in [-0.15, -0.1) is 0 Å². The van der Waals surface area contributed by atoms with E-state index < -0.39 is 0 Å². The maximum Gasteiger partial charge on any atom is 0.0165 e. The summed E-state index contributed by atoms with van der Waals surface area (Å²) < 4.78 is 0. The molecule has 266 valence electrons. The number of benzene rings is 11. The minimum Gasteiger partial charge on any atom is -0.0616 e. The third-order valence-corrected chi connectivity index (χ3v) is 13.0. The van der Waals surface area contributed by atoms with Crippen LogP contribution in [0.4, 0.5) is 0 Å². The van der Waals surface area contributed by atoms with E-state index in [0.29, 0.717) is 0 Å². The van der Waals surface area contributed by atoms with E-state index in [1.54, 1.807) is 0 Å². The first-order valence-corrected chi connectivity index (χ1v) is 20.1. The van der Waals surface area contributed by atoms with Crippen molar-refractivity contribution >= 4 is 64.6 Å². The molecule has 0 aromatic heterocycles. The first-order chi connectivity index (χ1) is 28.1. The summed E-state index contributed by atoms with van der Waals surface area (Å²) >= 11 is 0. The van der Waals surface area contributed by atoms with Gasteiger partial charge in [0.25, 0.3) is 0 Å². The molecule has 12 rings (SSSR count). The van der Waals surface area contributed by atoms with Gasteiger partial charge < -0.3 is 0 Å². The van der Waals surface area contributed by atoms with E-state index in [-0.39, 0.29) is 5.41 Å². The molecule has 57 heavy (non-hydrogen) atoms. The van der Waals surface area contributed by atoms with E-state index in [1.165, 1.54) is 120 Å². The van der Waals surface area contributed by atoms with Crippen LogP contribution in [0.25, 0.3) is 109 Å². The summed E-state index contributed by atoms with van der Waals surface area (Å²) in [4.78, 5) is 0. The molecule has 0 nitrogen and oxygen atoms in total. The van der Waals surface area contributed by atoms with Gasteiger partial charge >= 0.3 is 0 Å². The molecular formula is C57H38. The van der Waals surface area contributed by atoms with Crippen LogP contribution in [0.1, 0.15) is 25.0 Å². The molecule has 11 aromatic rings. The topological polar surface area (TPSA) is 0 Å².